The van der Waals surface area contributed by atoms with Crippen molar-refractivity contribution in [3.8, 4) is 11.1 Å². The number of imide groups is 1. The standard InChI is InChI=1S/C44H40N4O5/c1-30-18-20-31(21-19-30)34-12-4-5-13-35(34)41(50)45-33-24-22-32(23-25-33)42(51)47-29-26-40(49)46(38-16-8-9-17-39(38)47)27-10-2-3-11-28-48-43(52)36-14-6-7-15-37(36)44(48)53/h4-9,12-25H,2-3,10-11,26-29H2,1H3,(H,45,50). The van der Waals surface area contributed by atoms with Gasteiger partial charge in [-0.3, -0.25) is 28.9 Å². The van der Waals surface area contributed by atoms with Gasteiger partial charge in [0.2, 0.25) is 5.91 Å². The fourth-order valence-electron chi connectivity index (χ4n) is 7.03. The van der Waals surface area contributed by atoms with Crippen molar-refractivity contribution < 1.29 is 24.0 Å². The number of aryl methyl sites for hydroxylation is 1. The minimum absolute atomic E-state index is 0.0530. The Hall–Kier alpha value is -6.35. The zero-order chi connectivity index (χ0) is 36.9. The maximum atomic E-state index is 13.9. The first-order valence-electron chi connectivity index (χ1n) is 18.0. The molecular weight excluding hydrogens is 665 g/mol. The first kappa shape index (κ1) is 35.1. The van der Waals surface area contributed by atoms with Crippen LogP contribution in [0.4, 0.5) is 17.1 Å². The number of fused-ring (bicyclic) bond motifs is 2. The van der Waals surface area contributed by atoms with Crippen molar-refractivity contribution in [2.45, 2.75) is 39.0 Å². The Bertz CT molecular complexity index is 2160. The van der Waals surface area contributed by atoms with E-state index in [9.17, 15) is 24.0 Å². The largest absolute Gasteiger partial charge is 0.322 e. The summed E-state index contributed by atoms with van der Waals surface area (Å²) in [6, 6.07) is 36.7. The van der Waals surface area contributed by atoms with Crippen molar-refractivity contribution in [3.05, 3.63) is 149 Å². The van der Waals surface area contributed by atoms with Crippen LogP contribution in [0.5, 0.6) is 0 Å². The van der Waals surface area contributed by atoms with E-state index in [2.05, 4.69) is 5.32 Å². The molecule has 0 radical (unpaired) electrons. The first-order chi connectivity index (χ1) is 25.8. The lowest BCUT2D eigenvalue weighted by Gasteiger charge is -2.25. The monoisotopic (exact) mass is 704 g/mol. The molecule has 0 bridgehead atoms. The Morgan fingerprint density at radius 3 is 1.83 bits per heavy atom. The highest BCUT2D eigenvalue weighted by atomic mass is 16.2. The molecule has 0 aromatic heterocycles. The Labute approximate surface area is 308 Å². The van der Waals surface area contributed by atoms with Crippen molar-refractivity contribution in [2.24, 2.45) is 0 Å². The van der Waals surface area contributed by atoms with Crippen LogP contribution < -0.4 is 15.1 Å². The van der Waals surface area contributed by atoms with E-state index < -0.39 is 0 Å². The van der Waals surface area contributed by atoms with Gasteiger partial charge in [-0.25, -0.2) is 0 Å². The van der Waals surface area contributed by atoms with E-state index in [0.29, 0.717) is 58.8 Å². The molecule has 2 aliphatic rings. The molecule has 0 unspecified atom stereocenters. The van der Waals surface area contributed by atoms with Gasteiger partial charge in [0.1, 0.15) is 0 Å². The molecule has 2 heterocycles. The second kappa shape index (κ2) is 15.5. The van der Waals surface area contributed by atoms with E-state index in [4.69, 9.17) is 0 Å². The molecule has 2 aliphatic heterocycles. The zero-order valence-electron chi connectivity index (χ0n) is 29.6. The van der Waals surface area contributed by atoms with Crippen LogP contribution >= 0.6 is 0 Å². The van der Waals surface area contributed by atoms with Gasteiger partial charge in [0.25, 0.3) is 23.6 Å². The molecule has 9 nitrogen and oxygen atoms in total. The summed E-state index contributed by atoms with van der Waals surface area (Å²) in [4.78, 5) is 70.8. The molecule has 5 amide bonds. The van der Waals surface area contributed by atoms with E-state index in [1.807, 2.05) is 73.7 Å². The van der Waals surface area contributed by atoms with Crippen molar-refractivity contribution >= 4 is 46.6 Å². The third-order valence-corrected chi connectivity index (χ3v) is 9.87. The van der Waals surface area contributed by atoms with Gasteiger partial charge in [-0.15, -0.1) is 0 Å². The number of carbonyl (C=O) groups is 5. The number of nitrogens with one attached hydrogen (secondary N) is 1. The van der Waals surface area contributed by atoms with Crippen LogP contribution in [0.1, 0.15) is 79.1 Å². The summed E-state index contributed by atoms with van der Waals surface area (Å²) in [6.07, 6.45) is 3.21. The van der Waals surface area contributed by atoms with Gasteiger partial charge >= 0.3 is 0 Å². The van der Waals surface area contributed by atoms with Gasteiger partial charge in [-0.1, -0.05) is 85.1 Å². The molecule has 0 saturated carbocycles. The summed E-state index contributed by atoms with van der Waals surface area (Å²) in [5.74, 6) is -1.02. The number of anilines is 3. The highest BCUT2D eigenvalue weighted by Crippen LogP contribution is 2.34. The molecule has 5 aromatic carbocycles. The minimum Gasteiger partial charge on any atom is -0.322 e. The van der Waals surface area contributed by atoms with Crippen molar-refractivity contribution in [2.75, 3.05) is 34.8 Å². The zero-order valence-corrected chi connectivity index (χ0v) is 29.6. The van der Waals surface area contributed by atoms with Crippen LogP contribution in [0.15, 0.2) is 121 Å². The summed E-state index contributed by atoms with van der Waals surface area (Å²) < 4.78 is 0. The number of amides is 5. The number of nitrogens with zero attached hydrogens (tertiary/aromatic N) is 3. The van der Waals surface area contributed by atoms with Crippen LogP contribution in [0.3, 0.4) is 0 Å². The van der Waals surface area contributed by atoms with E-state index in [1.165, 1.54) is 4.90 Å². The number of para-hydroxylation sites is 2. The van der Waals surface area contributed by atoms with Gasteiger partial charge in [0, 0.05) is 42.9 Å². The molecule has 9 heteroatoms. The molecule has 0 aliphatic carbocycles. The average Bonchev–Trinajstić information content (AvgIpc) is 3.33. The maximum absolute atomic E-state index is 13.9. The van der Waals surface area contributed by atoms with Crippen LogP contribution in [0.25, 0.3) is 11.1 Å². The van der Waals surface area contributed by atoms with Gasteiger partial charge in [0.15, 0.2) is 0 Å². The first-order valence-corrected chi connectivity index (χ1v) is 18.0. The predicted octanol–water partition coefficient (Wildman–Crippen LogP) is 8.15. The molecule has 0 fully saturated rings. The second-order valence-corrected chi connectivity index (χ2v) is 13.4. The molecule has 0 spiro atoms. The van der Waals surface area contributed by atoms with Crippen LogP contribution in [0.2, 0.25) is 0 Å². The van der Waals surface area contributed by atoms with E-state index in [-0.39, 0.29) is 42.5 Å². The molecular formula is C44H40N4O5. The van der Waals surface area contributed by atoms with Crippen LogP contribution in [-0.2, 0) is 4.79 Å². The summed E-state index contributed by atoms with van der Waals surface area (Å²) in [5, 5.41) is 2.97. The SMILES string of the molecule is Cc1ccc(-c2ccccc2C(=O)Nc2ccc(C(=O)N3CCC(=O)N(CCCCCCN4C(=O)c5ccccc5C4=O)c4ccccc43)cc2)cc1. The van der Waals surface area contributed by atoms with Gasteiger partial charge in [-0.05, 0) is 85.5 Å². The average molecular weight is 705 g/mol. The second-order valence-electron chi connectivity index (χ2n) is 13.4. The Morgan fingerprint density at radius 1 is 0.604 bits per heavy atom. The third-order valence-electron chi connectivity index (χ3n) is 9.87. The Balaban J connectivity index is 0.964. The number of carbonyl (C=O) groups excluding carboxylic acids is 5. The van der Waals surface area contributed by atoms with Gasteiger partial charge < -0.3 is 15.1 Å². The Morgan fingerprint density at radius 2 is 1.17 bits per heavy atom. The third kappa shape index (κ3) is 7.37. The van der Waals surface area contributed by atoms with Gasteiger partial charge in [-0.2, -0.15) is 0 Å². The molecule has 266 valence electrons. The summed E-state index contributed by atoms with van der Waals surface area (Å²) in [6.45, 7) is 3.12. The van der Waals surface area contributed by atoms with E-state index in [1.54, 1.807) is 64.4 Å². The van der Waals surface area contributed by atoms with E-state index >= 15 is 0 Å². The Kier molecular flexibility index (Phi) is 10.2. The molecule has 7 rings (SSSR count). The highest BCUT2D eigenvalue weighted by molar-refractivity contribution is 6.21. The summed E-state index contributed by atoms with van der Waals surface area (Å²) in [5.41, 5.74) is 6.75. The summed E-state index contributed by atoms with van der Waals surface area (Å²) in [7, 11) is 0. The lowest BCUT2D eigenvalue weighted by atomic mass is 9.98. The number of unbranched alkanes of at least 4 members (excludes halogenated alkanes) is 3. The lowest BCUT2D eigenvalue weighted by Crippen LogP contribution is -2.32. The van der Waals surface area contributed by atoms with E-state index in [0.717, 1.165) is 36.0 Å². The smallest absolute Gasteiger partial charge is 0.261 e. The topological polar surface area (TPSA) is 107 Å². The normalized spacial score (nSPS) is 13.8. The van der Waals surface area contributed by atoms with Crippen molar-refractivity contribution in [1.29, 1.82) is 0 Å². The molecule has 53 heavy (non-hydrogen) atoms. The predicted molar refractivity (Wildman–Crippen MR) is 206 cm³/mol. The maximum Gasteiger partial charge on any atom is 0.261 e. The highest BCUT2D eigenvalue weighted by Gasteiger charge is 2.34. The number of hydrogen-bond donors (Lipinski definition) is 1. The minimum atomic E-state index is -0.247. The van der Waals surface area contributed by atoms with Crippen molar-refractivity contribution in [3.63, 3.8) is 0 Å². The number of hydrogen-bond acceptors (Lipinski definition) is 5. The molecule has 1 N–H and O–H groups in total. The lowest BCUT2D eigenvalue weighted by molar-refractivity contribution is -0.118. The molecule has 5 aromatic rings. The summed E-state index contributed by atoms with van der Waals surface area (Å²) >= 11 is 0. The van der Waals surface area contributed by atoms with Crippen LogP contribution in [-0.4, -0.2) is 54.1 Å². The number of benzene rings is 5. The number of rotatable bonds is 11. The van der Waals surface area contributed by atoms with Gasteiger partial charge in [0.05, 0.1) is 22.5 Å². The molecule has 0 atom stereocenters. The molecule has 0 saturated heterocycles. The van der Waals surface area contributed by atoms with Crippen molar-refractivity contribution in [1.82, 2.24) is 4.90 Å². The quantitative estimate of drug-likeness (QED) is 0.110. The fourth-order valence-corrected chi connectivity index (χ4v) is 7.03. The van der Waals surface area contributed by atoms with Crippen LogP contribution in [0, 0.1) is 6.92 Å². The fraction of sp³-hybridized carbons (Fsp3) is 0.205.